The summed E-state index contributed by atoms with van der Waals surface area (Å²) in [5.41, 5.74) is 8.04. The molecule has 0 aliphatic heterocycles. The van der Waals surface area contributed by atoms with E-state index in [0.29, 0.717) is 5.92 Å². The van der Waals surface area contributed by atoms with Crippen LogP contribution in [0, 0.1) is 6.92 Å². The molecule has 0 aliphatic rings. The van der Waals surface area contributed by atoms with Crippen LogP contribution in [0.1, 0.15) is 31.0 Å². The third-order valence-electron chi connectivity index (χ3n) is 2.19. The highest BCUT2D eigenvalue weighted by atomic mass is 14.7. The SMILES string of the molecule is Cc1ccc(C(C)C(C)N)nc1. The topological polar surface area (TPSA) is 38.9 Å². The molecule has 2 nitrogen and oxygen atoms in total. The second kappa shape index (κ2) is 3.68. The quantitative estimate of drug-likeness (QED) is 0.724. The van der Waals surface area contributed by atoms with Crippen LogP contribution in [0.25, 0.3) is 0 Å². The molecule has 1 heterocycles. The summed E-state index contributed by atoms with van der Waals surface area (Å²) in [5, 5.41) is 0. The van der Waals surface area contributed by atoms with Gasteiger partial charge in [-0.15, -0.1) is 0 Å². The van der Waals surface area contributed by atoms with Crippen LogP contribution in [0.15, 0.2) is 18.3 Å². The van der Waals surface area contributed by atoms with Gasteiger partial charge in [-0.05, 0) is 25.5 Å². The lowest BCUT2D eigenvalue weighted by molar-refractivity contribution is 0.598. The molecule has 0 aliphatic carbocycles. The number of aryl methyl sites for hydroxylation is 1. The van der Waals surface area contributed by atoms with Crippen molar-refractivity contribution in [1.29, 1.82) is 0 Å². The van der Waals surface area contributed by atoms with Gasteiger partial charge in [0, 0.05) is 23.9 Å². The second-order valence-corrected chi connectivity index (χ2v) is 3.41. The van der Waals surface area contributed by atoms with Crippen molar-refractivity contribution < 1.29 is 0 Å². The highest BCUT2D eigenvalue weighted by molar-refractivity contribution is 5.15. The van der Waals surface area contributed by atoms with E-state index in [1.807, 2.05) is 26.1 Å². The predicted octanol–water partition coefficient (Wildman–Crippen LogP) is 1.84. The molecule has 2 unspecified atom stereocenters. The fraction of sp³-hybridized carbons (Fsp3) is 0.500. The van der Waals surface area contributed by atoms with Crippen molar-refractivity contribution in [2.45, 2.75) is 32.7 Å². The fourth-order valence-corrected chi connectivity index (χ4v) is 1.02. The minimum absolute atomic E-state index is 0.167. The van der Waals surface area contributed by atoms with Gasteiger partial charge in [0.1, 0.15) is 0 Å². The molecule has 1 aromatic rings. The smallest absolute Gasteiger partial charge is 0.0447 e. The summed E-state index contributed by atoms with van der Waals surface area (Å²) in [6, 6.07) is 4.28. The Morgan fingerprint density at radius 1 is 1.33 bits per heavy atom. The lowest BCUT2D eigenvalue weighted by Crippen LogP contribution is -2.23. The maximum absolute atomic E-state index is 5.77. The number of hydrogen-bond acceptors (Lipinski definition) is 2. The minimum atomic E-state index is 0.167. The van der Waals surface area contributed by atoms with E-state index < -0.39 is 0 Å². The molecule has 0 fully saturated rings. The van der Waals surface area contributed by atoms with Gasteiger partial charge in [0.15, 0.2) is 0 Å². The molecule has 12 heavy (non-hydrogen) atoms. The van der Waals surface area contributed by atoms with E-state index in [-0.39, 0.29) is 6.04 Å². The number of nitrogens with zero attached hydrogens (tertiary/aromatic N) is 1. The Bertz CT molecular complexity index is 239. The zero-order valence-corrected chi connectivity index (χ0v) is 7.91. The van der Waals surface area contributed by atoms with E-state index in [2.05, 4.69) is 18.0 Å². The summed E-state index contributed by atoms with van der Waals surface area (Å²) >= 11 is 0. The molecule has 0 radical (unpaired) electrons. The van der Waals surface area contributed by atoms with Crippen LogP contribution >= 0.6 is 0 Å². The van der Waals surface area contributed by atoms with Crippen molar-refractivity contribution in [3.05, 3.63) is 29.6 Å². The minimum Gasteiger partial charge on any atom is -0.327 e. The van der Waals surface area contributed by atoms with Crippen LogP contribution in [-0.2, 0) is 0 Å². The lowest BCUT2D eigenvalue weighted by atomic mass is 10.00. The first-order chi connectivity index (χ1) is 5.61. The predicted molar refractivity (Wildman–Crippen MR) is 51.0 cm³/mol. The number of aromatic nitrogens is 1. The molecule has 2 atom stereocenters. The molecular formula is C10H16N2. The molecule has 2 N–H and O–H groups in total. The van der Waals surface area contributed by atoms with Gasteiger partial charge in [-0.1, -0.05) is 13.0 Å². The van der Waals surface area contributed by atoms with E-state index >= 15 is 0 Å². The van der Waals surface area contributed by atoms with Gasteiger partial charge in [0.05, 0.1) is 0 Å². The van der Waals surface area contributed by atoms with Crippen molar-refractivity contribution in [2.75, 3.05) is 0 Å². The Labute approximate surface area is 73.8 Å². The summed E-state index contributed by atoms with van der Waals surface area (Å²) in [4.78, 5) is 4.32. The van der Waals surface area contributed by atoms with Gasteiger partial charge in [0.2, 0.25) is 0 Å². The molecule has 0 saturated carbocycles. The molecule has 1 rings (SSSR count). The molecule has 0 bridgehead atoms. The van der Waals surface area contributed by atoms with Crippen LogP contribution in [-0.4, -0.2) is 11.0 Å². The van der Waals surface area contributed by atoms with Gasteiger partial charge in [-0.25, -0.2) is 0 Å². The van der Waals surface area contributed by atoms with Gasteiger partial charge in [0.25, 0.3) is 0 Å². The van der Waals surface area contributed by atoms with Crippen LogP contribution in [0.4, 0.5) is 0 Å². The van der Waals surface area contributed by atoms with Crippen molar-refractivity contribution >= 4 is 0 Å². The molecule has 0 aromatic carbocycles. The first-order valence-electron chi connectivity index (χ1n) is 4.29. The maximum Gasteiger partial charge on any atom is 0.0447 e. The summed E-state index contributed by atoms with van der Waals surface area (Å²) < 4.78 is 0. The summed E-state index contributed by atoms with van der Waals surface area (Å²) in [6.45, 7) is 6.14. The van der Waals surface area contributed by atoms with E-state index in [9.17, 15) is 0 Å². The molecule has 2 heteroatoms. The lowest BCUT2D eigenvalue weighted by Gasteiger charge is -2.14. The normalized spacial score (nSPS) is 15.7. The molecule has 66 valence electrons. The van der Waals surface area contributed by atoms with E-state index in [4.69, 9.17) is 5.73 Å². The zero-order valence-electron chi connectivity index (χ0n) is 7.91. The van der Waals surface area contributed by atoms with E-state index in [1.54, 1.807) is 0 Å². The van der Waals surface area contributed by atoms with Crippen molar-refractivity contribution in [2.24, 2.45) is 5.73 Å². The van der Waals surface area contributed by atoms with Crippen LogP contribution < -0.4 is 5.73 Å². The van der Waals surface area contributed by atoms with Crippen molar-refractivity contribution in [3.63, 3.8) is 0 Å². The Kier molecular flexibility index (Phi) is 2.82. The Morgan fingerprint density at radius 2 is 2.00 bits per heavy atom. The third-order valence-corrected chi connectivity index (χ3v) is 2.19. The number of pyridine rings is 1. The largest absolute Gasteiger partial charge is 0.327 e. The first-order valence-corrected chi connectivity index (χ1v) is 4.29. The van der Waals surface area contributed by atoms with Crippen LogP contribution in [0.5, 0.6) is 0 Å². The van der Waals surface area contributed by atoms with E-state index in [0.717, 1.165) is 5.69 Å². The molecule has 0 saturated heterocycles. The third kappa shape index (κ3) is 2.05. The molecule has 0 spiro atoms. The van der Waals surface area contributed by atoms with Gasteiger partial charge in [-0.2, -0.15) is 0 Å². The highest BCUT2D eigenvalue weighted by Gasteiger charge is 2.10. The van der Waals surface area contributed by atoms with Gasteiger partial charge < -0.3 is 5.73 Å². The average Bonchev–Trinajstić information content (AvgIpc) is 2.04. The number of nitrogens with two attached hydrogens (primary N) is 1. The maximum atomic E-state index is 5.77. The van der Waals surface area contributed by atoms with Crippen molar-refractivity contribution in [1.82, 2.24) is 4.98 Å². The summed E-state index contributed by atoms with van der Waals surface area (Å²) in [7, 11) is 0. The number of hydrogen-bond donors (Lipinski definition) is 1. The standard InChI is InChI=1S/C10H16N2/c1-7-4-5-10(12-6-7)8(2)9(3)11/h4-6,8-9H,11H2,1-3H3. The van der Waals surface area contributed by atoms with Crippen LogP contribution in [0.3, 0.4) is 0 Å². The molecule has 0 amide bonds. The molecule has 1 aromatic heterocycles. The summed E-state index contributed by atoms with van der Waals surface area (Å²) in [6.07, 6.45) is 1.88. The van der Waals surface area contributed by atoms with Gasteiger partial charge >= 0.3 is 0 Å². The van der Waals surface area contributed by atoms with Gasteiger partial charge in [-0.3, -0.25) is 4.98 Å². The monoisotopic (exact) mass is 164 g/mol. The Morgan fingerprint density at radius 3 is 2.42 bits per heavy atom. The van der Waals surface area contributed by atoms with E-state index in [1.165, 1.54) is 5.56 Å². The highest BCUT2D eigenvalue weighted by Crippen LogP contribution is 2.14. The number of rotatable bonds is 2. The Balaban J connectivity index is 2.82. The summed E-state index contributed by atoms with van der Waals surface area (Å²) in [5.74, 6) is 0.339. The van der Waals surface area contributed by atoms with Crippen LogP contribution in [0.2, 0.25) is 0 Å². The molecular weight excluding hydrogens is 148 g/mol. The van der Waals surface area contributed by atoms with Crippen molar-refractivity contribution in [3.8, 4) is 0 Å². The Hall–Kier alpha value is -0.890. The fourth-order valence-electron chi connectivity index (χ4n) is 1.02. The average molecular weight is 164 g/mol. The second-order valence-electron chi connectivity index (χ2n) is 3.41. The zero-order chi connectivity index (χ0) is 9.14. The first kappa shape index (κ1) is 9.20.